The number of unbranched alkanes of at least 4 members (excludes halogenated alkanes) is 1. The van der Waals surface area contributed by atoms with Crippen molar-refractivity contribution in [2.24, 2.45) is 0 Å². The molecule has 0 aliphatic rings. The van der Waals surface area contributed by atoms with Gasteiger partial charge in [0.25, 0.3) is 0 Å². The van der Waals surface area contributed by atoms with Gasteiger partial charge in [-0.15, -0.1) is 11.3 Å². The quantitative estimate of drug-likeness (QED) is 0.325. The fraction of sp³-hybridized carbons (Fsp3) is 0.227. The number of carbonyl (C=O) groups is 1. The summed E-state index contributed by atoms with van der Waals surface area (Å²) in [7, 11) is 1.33. The molecule has 0 unspecified atom stereocenters. The Labute approximate surface area is 163 Å². The summed E-state index contributed by atoms with van der Waals surface area (Å²) in [5.74, 6) is -0.454. The van der Waals surface area contributed by atoms with Crippen LogP contribution in [0.4, 0.5) is 0 Å². The number of hydrogen-bond donors (Lipinski definition) is 1. The van der Waals surface area contributed by atoms with E-state index in [1.165, 1.54) is 35.1 Å². The van der Waals surface area contributed by atoms with Crippen molar-refractivity contribution < 1.29 is 9.53 Å². The molecular weight excluding hydrogens is 356 g/mol. The zero-order valence-electron chi connectivity index (χ0n) is 15.3. The maximum absolute atomic E-state index is 11.4. The standard InChI is InChI=1S/C22H22N2O2S/c1-26-22(25)20-15-27-21(24-20)19(23)10-6-5-7-16-11-13-18(14-12-16)17-8-3-2-4-9-17/h2-4,8-9,11-15,23H,5-7,10H2,1H3. The van der Waals surface area contributed by atoms with Crippen molar-refractivity contribution in [2.75, 3.05) is 7.11 Å². The molecule has 0 aliphatic carbocycles. The Morgan fingerprint density at radius 1 is 1.04 bits per heavy atom. The highest BCUT2D eigenvalue weighted by Gasteiger charge is 2.13. The summed E-state index contributed by atoms with van der Waals surface area (Å²) in [4.78, 5) is 15.6. The zero-order valence-corrected chi connectivity index (χ0v) is 16.1. The third-order valence-corrected chi connectivity index (χ3v) is 5.26. The fourth-order valence-electron chi connectivity index (χ4n) is 2.84. The third-order valence-electron chi connectivity index (χ3n) is 4.36. The van der Waals surface area contributed by atoms with Gasteiger partial charge in [0, 0.05) is 5.38 Å². The van der Waals surface area contributed by atoms with Crippen molar-refractivity contribution in [3.8, 4) is 11.1 Å². The minimum Gasteiger partial charge on any atom is -0.464 e. The van der Waals surface area contributed by atoms with E-state index in [0.717, 1.165) is 19.3 Å². The van der Waals surface area contributed by atoms with Crippen LogP contribution < -0.4 is 0 Å². The molecule has 0 atom stereocenters. The largest absolute Gasteiger partial charge is 0.464 e. The van der Waals surface area contributed by atoms with Gasteiger partial charge in [0.15, 0.2) is 5.69 Å². The highest BCUT2D eigenvalue weighted by molar-refractivity contribution is 7.12. The Morgan fingerprint density at radius 3 is 2.44 bits per heavy atom. The summed E-state index contributed by atoms with van der Waals surface area (Å²) in [6, 6.07) is 19.0. The summed E-state index contributed by atoms with van der Waals surface area (Å²) in [6.07, 6.45) is 3.60. The number of benzene rings is 2. The van der Waals surface area contributed by atoms with Crippen molar-refractivity contribution in [1.29, 1.82) is 5.41 Å². The molecule has 2 aromatic carbocycles. The number of nitrogens with one attached hydrogen (secondary N) is 1. The smallest absolute Gasteiger partial charge is 0.357 e. The first-order chi connectivity index (χ1) is 13.2. The molecule has 0 saturated heterocycles. The van der Waals surface area contributed by atoms with Crippen molar-refractivity contribution in [3.05, 3.63) is 76.2 Å². The number of nitrogens with zero attached hydrogens (tertiary/aromatic N) is 1. The first-order valence-corrected chi connectivity index (χ1v) is 9.81. The van der Waals surface area contributed by atoms with Crippen LogP contribution in [0.15, 0.2) is 60.0 Å². The molecular formula is C22H22N2O2S. The first kappa shape index (κ1) is 19.0. The second kappa shape index (κ2) is 9.24. The molecule has 27 heavy (non-hydrogen) atoms. The molecule has 0 radical (unpaired) electrons. The minimum absolute atomic E-state index is 0.278. The second-order valence-electron chi connectivity index (χ2n) is 6.28. The van der Waals surface area contributed by atoms with Gasteiger partial charge in [-0.05, 0) is 42.4 Å². The van der Waals surface area contributed by atoms with Crippen molar-refractivity contribution in [3.63, 3.8) is 0 Å². The maximum Gasteiger partial charge on any atom is 0.357 e. The molecule has 1 heterocycles. The molecule has 1 aromatic heterocycles. The van der Waals surface area contributed by atoms with Crippen molar-refractivity contribution in [1.82, 2.24) is 4.98 Å². The number of rotatable bonds is 8. The lowest BCUT2D eigenvalue weighted by Gasteiger charge is -2.05. The van der Waals surface area contributed by atoms with Gasteiger partial charge in [0.2, 0.25) is 0 Å². The fourth-order valence-corrected chi connectivity index (χ4v) is 3.61. The van der Waals surface area contributed by atoms with Gasteiger partial charge in [-0.2, -0.15) is 0 Å². The molecule has 0 saturated carbocycles. The van der Waals surface area contributed by atoms with Gasteiger partial charge < -0.3 is 10.1 Å². The predicted octanol–water partition coefficient (Wildman–Crippen LogP) is 5.38. The number of aryl methyl sites for hydroxylation is 1. The molecule has 4 nitrogen and oxygen atoms in total. The van der Waals surface area contributed by atoms with Crippen molar-refractivity contribution in [2.45, 2.75) is 25.7 Å². The van der Waals surface area contributed by atoms with E-state index in [0.29, 0.717) is 17.1 Å². The van der Waals surface area contributed by atoms with Crippen LogP contribution in [0, 0.1) is 5.41 Å². The molecule has 0 aliphatic heterocycles. The van der Waals surface area contributed by atoms with Gasteiger partial charge in [0.05, 0.1) is 12.8 Å². The minimum atomic E-state index is -0.454. The first-order valence-electron chi connectivity index (χ1n) is 8.93. The van der Waals surface area contributed by atoms with E-state index in [2.05, 4.69) is 58.3 Å². The van der Waals surface area contributed by atoms with E-state index >= 15 is 0 Å². The molecule has 0 bridgehead atoms. The summed E-state index contributed by atoms with van der Waals surface area (Å²) in [5, 5.41) is 10.4. The average Bonchev–Trinajstić information content (AvgIpc) is 3.22. The van der Waals surface area contributed by atoms with E-state index in [9.17, 15) is 4.79 Å². The lowest BCUT2D eigenvalue weighted by Crippen LogP contribution is -2.04. The van der Waals surface area contributed by atoms with Gasteiger partial charge in [0.1, 0.15) is 5.01 Å². The van der Waals surface area contributed by atoms with E-state index in [1.54, 1.807) is 5.38 Å². The summed E-state index contributed by atoms with van der Waals surface area (Å²) < 4.78 is 4.65. The van der Waals surface area contributed by atoms with Crippen LogP contribution in [0.3, 0.4) is 0 Å². The number of hydrogen-bond acceptors (Lipinski definition) is 5. The zero-order chi connectivity index (χ0) is 19.1. The molecule has 0 fully saturated rings. The van der Waals surface area contributed by atoms with E-state index in [-0.39, 0.29) is 5.69 Å². The Kier molecular flexibility index (Phi) is 6.49. The van der Waals surface area contributed by atoms with Crippen LogP contribution >= 0.6 is 11.3 Å². The monoisotopic (exact) mass is 378 g/mol. The average molecular weight is 378 g/mol. The molecule has 1 N–H and O–H groups in total. The Bertz CT molecular complexity index is 902. The van der Waals surface area contributed by atoms with Crippen LogP contribution in [0.2, 0.25) is 0 Å². The molecule has 3 aromatic rings. The number of ether oxygens (including phenoxy) is 1. The molecule has 0 spiro atoms. The van der Waals surface area contributed by atoms with Gasteiger partial charge >= 0.3 is 5.97 Å². The number of methoxy groups -OCH3 is 1. The van der Waals surface area contributed by atoms with Gasteiger partial charge in [-0.25, -0.2) is 9.78 Å². The van der Waals surface area contributed by atoms with Gasteiger partial charge in [-0.1, -0.05) is 54.6 Å². The van der Waals surface area contributed by atoms with E-state index in [4.69, 9.17) is 5.41 Å². The predicted molar refractivity (Wildman–Crippen MR) is 110 cm³/mol. The van der Waals surface area contributed by atoms with Crippen LogP contribution in [0.25, 0.3) is 11.1 Å². The Balaban J connectivity index is 1.45. The highest BCUT2D eigenvalue weighted by Crippen LogP contribution is 2.20. The topological polar surface area (TPSA) is 63.0 Å². The lowest BCUT2D eigenvalue weighted by atomic mass is 10.0. The third kappa shape index (κ3) is 5.11. The van der Waals surface area contributed by atoms with Gasteiger partial charge in [-0.3, -0.25) is 0 Å². The molecule has 0 amide bonds. The molecule has 5 heteroatoms. The van der Waals surface area contributed by atoms with Crippen LogP contribution in [0.1, 0.15) is 40.3 Å². The second-order valence-corrected chi connectivity index (χ2v) is 7.14. The molecule has 138 valence electrons. The number of esters is 1. The molecule has 3 rings (SSSR count). The Morgan fingerprint density at radius 2 is 1.74 bits per heavy atom. The van der Waals surface area contributed by atoms with Crippen LogP contribution in [0.5, 0.6) is 0 Å². The Hall–Kier alpha value is -2.79. The number of carbonyl (C=O) groups excluding carboxylic acids is 1. The number of aromatic nitrogens is 1. The van der Waals surface area contributed by atoms with E-state index in [1.807, 2.05) is 6.07 Å². The van der Waals surface area contributed by atoms with Crippen LogP contribution in [-0.4, -0.2) is 23.8 Å². The SMILES string of the molecule is COC(=O)c1csc(C(=N)CCCCc2ccc(-c3ccccc3)cc2)n1. The van der Waals surface area contributed by atoms with Crippen LogP contribution in [-0.2, 0) is 11.2 Å². The summed E-state index contributed by atoms with van der Waals surface area (Å²) in [6.45, 7) is 0. The number of thiazole rings is 1. The van der Waals surface area contributed by atoms with E-state index < -0.39 is 5.97 Å². The maximum atomic E-state index is 11.4. The summed E-state index contributed by atoms with van der Waals surface area (Å²) >= 11 is 1.32. The highest BCUT2D eigenvalue weighted by atomic mass is 32.1. The summed E-state index contributed by atoms with van der Waals surface area (Å²) in [5.41, 5.74) is 4.53. The van der Waals surface area contributed by atoms with Crippen molar-refractivity contribution >= 4 is 23.0 Å². The lowest BCUT2D eigenvalue weighted by molar-refractivity contribution is 0.0595. The normalized spacial score (nSPS) is 10.6.